The zero-order valence-corrected chi connectivity index (χ0v) is 10.5. The van der Waals surface area contributed by atoms with Gasteiger partial charge < -0.3 is 16.0 Å². The summed E-state index contributed by atoms with van der Waals surface area (Å²) < 4.78 is 13.7. The highest BCUT2D eigenvalue weighted by Crippen LogP contribution is 2.16. The lowest BCUT2D eigenvalue weighted by atomic mass is 10.1. The van der Waals surface area contributed by atoms with Gasteiger partial charge in [0.05, 0.1) is 5.56 Å². The molecule has 1 aromatic carbocycles. The van der Waals surface area contributed by atoms with Crippen LogP contribution in [0.25, 0.3) is 0 Å². The van der Waals surface area contributed by atoms with Crippen LogP contribution in [0.3, 0.4) is 0 Å². The van der Waals surface area contributed by atoms with Gasteiger partial charge in [0.15, 0.2) is 0 Å². The summed E-state index contributed by atoms with van der Waals surface area (Å²) in [6.45, 7) is 1.44. The third-order valence-electron chi connectivity index (χ3n) is 2.49. The van der Waals surface area contributed by atoms with Crippen LogP contribution in [0.4, 0.5) is 10.1 Å². The first-order valence-corrected chi connectivity index (χ1v) is 5.40. The van der Waals surface area contributed by atoms with E-state index in [1.54, 1.807) is 25.1 Å². The number of amides is 2. The van der Waals surface area contributed by atoms with Crippen LogP contribution in [-0.2, 0) is 4.79 Å². The van der Waals surface area contributed by atoms with Crippen LogP contribution in [-0.4, -0.2) is 32.0 Å². The summed E-state index contributed by atoms with van der Waals surface area (Å²) in [7, 11) is 3.54. The van der Waals surface area contributed by atoms with E-state index in [4.69, 9.17) is 5.73 Å². The monoisotopic (exact) mass is 253 g/mol. The Hall–Kier alpha value is -2.11. The highest BCUT2D eigenvalue weighted by atomic mass is 19.1. The number of benzene rings is 1. The quantitative estimate of drug-likeness (QED) is 0.820. The van der Waals surface area contributed by atoms with Crippen molar-refractivity contribution in [2.45, 2.75) is 13.0 Å². The Bertz CT molecular complexity index is 474. The average molecular weight is 253 g/mol. The van der Waals surface area contributed by atoms with E-state index in [-0.39, 0.29) is 5.56 Å². The molecule has 5 nitrogen and oxygen atoms in total. The van der Waals surface area contributed by atoms with Crippen molar-refractivity contribution >= 4 is 17.5 Å². The molecule has 0 bridgehead atoms. The number of carbonyl (C=O) groups is 2. The molecule has 0 saturated carbocycles. The Morgan fingerprint density at radius 3 is 2.44 bits per heavy atom. The van der Waals surface area contributed by atoms with E-state index >= 15 is 0 Å². The summed E-state index contributed by atoms with van der Waals surface area (Å²) in [6, 6.07) is 3.40. The maximum atomic E-state index is 13.7. The van der Waals surface area contributed by atoms with Crippen LogP contribution in [0.2, 0.25) is 0 Å². The van der Waals surface area contributed by atoms with E-state index in [2.05, 4.69) is 5.32 Å². The first-order valence-electron chi connectivity index (χ1n) is 5.40. The van der Waals surface area contributed by atoms with Gasteiger partial charge in [0.2, 0.25) is 5.91 Å². The van der Waals surface area contributed by atoms with E-state index in [1.807, 2.05) is 0 Å². The lowest BCUT2D eigenvalue weighted by molar-refractivity contribution is -0.119. The third kappa shape index (κ3) is 3.19. The predicted octanol–water partition coefficient (Wildman–Crippen LogP) is 0.495. The highest BCUT2D eigenvalue weighted by Gasteiger charge is 2.17. The van der Waals surface area contributed by atoms with E-state index < -0.39 is 23.7 Å². The minimum absolute atomic E-state index is 0.117. The predicted molar refractivity (Wildman–Crippen MR) is 66.8 cm³/mol. The van der Waals surface area contributed by atoms with E-state index in [1.165, 1.54) is 19.1 Å². The number of hydrogen-bond donors (Lipinski definition) is 2. The standard InChI is InChI=1S/C12H16FN3O2/c1-7(11(14)17)15-12(18)9-5-4-8(16(2)3)6-10(9)13/h4-7H,1-3H3,(H2,14,17)(H,15,18)/t7-/m0/s1. The topological polar surface area (TPSA) is 75.4 Å². The smallest absolute Gasteiger partial charge is 0.254 e. The van der Waals surface area contributed by atoms with E-state index in [9.17, 15) is 14.0 Å². The molecule has 3 N–H and O–H groups in total. The van der Waals surface area contributed by atoms with Crippen LogP contribution < -0.4 is 16.0 Å². The Morgan fingerprint density at radius 2 is 2.00 bits per heavy atom. The van der Waals surface area contributed by atoms with Crippen LogP contribution in [0.15, 0.2) is 18.2 Å². The van der Waals surface area contributed by atoms with Crippen molar-refractivity contribution in [2.75, 3.05) is 19.0 Å². The van der Waals surface area contributed by atoms with Crippen LogP contribution in [0.1, 0.15) is 17.3 Å². The number of anilines is 1. The van der Waals surface area contributed by atoms with Gasteiger partial charge in [-0.05, 0) is 25.1 Å². The molecule has 98 valence electrons. The van der Waals surface area contributed by atoms with Gasteiger partial charge in [0.1, 0.15) is 11.9 Å². The van der Waals surface area contributed by atoms with Crippen molar-refractivity contribution < 1.29 is 14.0 Å². The van der Waals surface area contributed by atoms with Gasteiger partial charge in [-0.2, -0.15) is 0 Å². The molecule has 6 heteroatoms. The van der Waals surface area contributed by atoms with Crippen LogP contribution in [0, 0.1) is 5.82 Å². The Balaban J connectivity index is 2.90. The second-order valence-corrected chi connectivity index (χ2v) is 4.16. The first kappa shape index (κ1) is 14.0. The summed E-state index contributed by atoms with van der Waals surface area (Å²) in [5, 5.41) is 2.32. The molecule has 0 spiro atoms. The van der Waals surface area contributed by atoms with Gasteiger partial charge in [-0.25, -0.2) is 4.39 Å². The number of nitrogens with one attached hydrogen (secondary N) is 1. The number of hydrogen-bond acceptors (Lipinski definition) is 3. The molecule has 0 aliphatic rings. The van der Waals surface area contributed by atoms with Crippen molar-refractivity contribution in [1.29, 1.82) is 0 Å². The van der Waals surface area contributed by atoms with Crippen molar-refractivity contribution in [3.63, 3.8) is 0 Å². The molecule has 0 fully saturated rings. The molecule has 2 amide bonds. The normalized spacial score (nSPS) is 11.8. The lowest BCUT2D eigenvalue weighted by Gasteiger charge is -2.14. The largest absolute Gasteiger partial charge is 0.378 e. The molecule has 1 rings (SSSR count). The first-order chi connectivity index (χ1) is 8.32. The summed E-state index contributed by atoms with van der Waals surface area (Å²) in [5.41, 5.74) is 5.54. The summed E-state index contributed by atoms with van der Waals surface area (Å²) in [6.07, 6.45) is 0. The summed E-state index contributed by atoms with van der Waals surface area (Å²) in [4.78, 5) is 24.2. The van der Waals surface area contributed by atoms with Crippen LogP contribution in [0.5, 0.6) is 0 Å². The second-order valence-electron chi connectivity index (χ2n) is 4.16. The molecule has 0 saturated heterocycles. The van der Waals surface area contributed by atoms with Crippen LogP contribution >= 0.6 is 0 Å². The number of carbonyl (C=O) groups excluding carboxylic acids is 2. The van der Waals surface area contributed by atoms with Gasteiger partial charge in [-0.1, -0.05) is 0 Å². The Morgan fingerprint density at radius 1 is 1.39 bits per heavy atom. The number of primary amides is 1. The molecule has 18 heavy (non-hydrogen) atoms. The maximum absolute atomic E-state index is 13.7. The third-order valence-corrected chi connectivity index (χ3v) is 2.49. The summed E-state index contributed by atoms with van der Waals surface area (Å²) >= 11 is 0. The van der Waals surface area contributed by atoms with Gasteiger partial charge in [0, 0.05) is 19.8 Å². The number of nitrogens with two attached hydrogens (primary N) is 1. The Labute approximate surface area is 105 Å². The number of rotatable bonds is 4. The minimum atomic E-state index is -0.842. The fourth-order valence-corrected chi connectivity index (χ4v) is 1.31. The van der Waals surface area contributed by atoms with E-state index in [0.29, 0.717) is 5.69 Å². The molecular formula is C12H16FN3O2. The molecule has 0 aromatic heterocycles. The fourth-order valence-electron chi connectivity index (χ4n) is 1.31. The van der Waals surface area contributed by atoms with Gasteiger partial charge >= 0.3 is 0 Å². The molecule has 0 unspecified atom stereocenters. The molecule has 0 aliphatic carbocycles. The van der Waals surface area contributed by atoms with Gasteiger partial charge in [0.25, 0.3) is 5.91 Å². The lowest BCUT2D eigenvalue weighted by Crippen LogP contribution is -2.42. The molecule has 0 aliphatic heterocycles. The van der Waals surface area contributed by atoms with Crippen molar-refractivity contribution in [3.05, 3.63) is 29.6 Å². The van der Waals surface area contributed by atoms with Gasteiger partial charge in [-0.15, -0.1) is 0 Å². The number of nitrogens with zero attached hydrogens (tertiary/aromatic N) is 1. The molecule has 0 heterocycles. The molecule has 0 radical (unpaired) electrons. The van der Waals surface area contributed by atoms with Gasteiger partial charge in [-0.3, -0.25) is 9.59 Å². The molecule has 1 atom stereocenters. The van der Waals surface area contributed by atoms with Crippen molar-refractivity contribution in [3.8, 4) is 0 Å². The zero-order chi connectivity index (χ0) is 13.9. The summed E-state index contributed by atoms with van der Waals surface area (Å²) in [5.74, 6) is -1.98. The number of halogens is 1. The molecule has 1 aromatic rings. The highest BCUT2D eigenvalue weighted by molar-refractivity contribution is 5.97. The average Bonchev–Trinajstić information content (AvgIpc) is 2.28. The molecular weight excluding hydrogens is 237 g/mol. The van der Waals surface area contributed by atoms with E-state index in [0.717, 1.165) is 0 Å². The van der Waals surface area contributed by atoms with Crippen molar-refractivity contribution in [2.24, 2.45) is 5.73 Å². The van der Waals surface area contributed by atoms with Crippen molar-refractivity contribution in [1.82, 2.24) is 5.32 Å². The SMILES string of the molecule is C[C@H](NC(=O)c1ccc(N(C)C)cc1F)C(N)=O. The Kier molecular flexibility index (Phi) is 4.25. The maximum Gasteiger partial charge on any atom is 0.254 e. The second kappa shape index (κ2) is 5.48. The zero-order valence-electron chi connectivity index (χ0n) is 10.5. The minimum Gasteiger partial charge on any atom is -0.378 e. The fraction of sp³-hybridized carbons (Fsp3) is 0.333.